The molecule has 2 N–H and O–H groups in total. The second kappa shape index (κ2) is 15.1. The highest BCUT2D eigenvalue weighted by Gasteiger charge is 2.27. The summed E-state index contributed by atoms with van der Waals surface area (Å²) in [4.78, 5) is 17.3. The molecule has 0 saturated carbocycles. The Kier molecular flexibility index (Phi) is 10.3. The Balaban J connectivity index is 1.02. The average Bonchev–Trinajstić information content (AvgIpc) is 3.76. The molecule has 2 aliphatic rings. The van der Waals surface area contributed by atoms with Gasteiger partial charge in [0.05, 0.1) is 0 Å². The predicted molar refractivity (Wildman–Crippen MR) is 205 cm³/mol. The lowest BCUT2D eigenvalue weighted by atomic mass is 9.99. The first kappa shape index (κ1) is 34.5. The van der Waals surface area contributed by atoms with Crippen LogP contribution in [0.2, 0.25) is 0 Å². The summed E-state index contributed by atoms with van der Waals surface area (Å²) in [6.07, 6.45) is 4.77. The number of benzene rings is 5. The maximum Gasteiger partial charge on any atom is 0.248 e. The summed E-state index contributed by atoms with van der Waals surface area (Å²) in [6.45, 7) is 12.7. The van der Waals surface area contributed by atoms with Crippen molar-refractivity contribution in [1.29, 1.82) is 0 Å². The third-order valence-corrected chi connectivity index (χ3v) is 10.3. The van der Waals surface area contributed by atoms with Crippen molar-refractivity contribution in [2.24, 2.45) is 5.73 Å². The molecule has 2 heterocycles. The number of rotatable bonds is 11. The van der Waals surface area contributed by atoms with Gasteiger partial charge in [-0.25, -0.2) is 0 Å². The van der Waals surface area contributed by atoms with Gasteiger partial charge in [0.2, 0.25) is 5.91 Å². The molecule has 2 unspecified atom stereocenters. The normalized spacial score (nSPS) is 17.9. The standard InChI is InChI=1S/C45H49N3O3/c1-30-21-31(2)24-37(23-30)41-7-5-19-47(41)28-34-9-14-39(15-10-34)50-43-18-13-36(45(46)49)27-44(43)51-40-16-11-35(12-17-40)29-48-20-6-8-42(48)38-25-32(3)22-33(4)26-38/h9-18,21-27,41-42H,5-8,19-20,28-29H2,1-4H3,(H2,46,49). The zero-order valence-corrected chi connectivity index (χ0v) is 30.3. The number of likely N-dealkylation sites (tertiary alicyclic amines) is 2. The van der Waals surface area contributed by atoms with E-state index in [1.807, 2.05) is 24.3 Å². The summed E-state index contributed by atoms with van der Waals surface area (Å²) < 4.78 is 12.7. The summed E-state index contributed by atoms with van der Waals surface area (Å²) in [5.41, 5.74) is 16.6. The summed E-state index contributed by atoms with van der Waals surface area (Å²) in [5.74, 6) is 1.79. The monoisotopic (exact) mass is 679 g/mol. The van der Waals surface area contributed by atoms with Crippen LogP contribution in [-0.2, 0) is 13.1 Å². The van der Waals surface area contributed by atoms with Crippen LogP contribution < -0.4 is 15.2 Å². The molecule has 2 aliphatic heterocycles. The Bertz CT molecular complexity index is 1960. The van der Waals surface area contributed by atoms with E-state index in [1.165, 1.54) is 70.2 Å². The van der Waals surface area contributed by atoms with Gasteiger partial charge in [-0.1, -0.05) is 82.9 Å². The highest BCUT2D eigenvalue weighted by molar-refractivity contribution is 5.93. The van der Waals surface area contributed by atoms with Gasteiger partial charge in [0.15, 0.2) is 11.5 Å². The van der Waals surface area contributed by atoms with Crippen molar-refractivity contribution in [2.45, 2.75) is 78.6 Å². The maximum atomic E-state index is 12.1. The van der Waals surface area contributed by atoms with Gasteiger partial charge < -0.3 is 15.2 Å². The fourth-order valence-corrected chi connectivity index (χ4v) is 8.06. The Morgan fingerprint density at radius 1 is 0.588 bits per heavy atom. The van der Waals surface area contributed by atoms with Crippen LogP contribution in [0.3, 0.4) is 0 Å². The lowest BCUT2D eigenvalue weighted by Crippen LogP contribution is -2.22. The Morgan fingerprint density at radius 2 is 1.02 bits per heavy atom. The third-order valence-electron chi connectivity index (χ3n) is 10.3. The zero-order chi connectivity index (χ0) is 35.5. The number of amides is 1. The van der Waals surface area contributed by atoms with E-state index in [0.717, 1.165) is 26.2 Å². The Hall–Kier alpha value is -4.91. The van der Waals surface area contributed by atoms with E-state index >= 15 is 0 Å². The second-order valence-corrected chi connectivity index (χ2v) is 14.6. The summed E-state index contributed by atoms with van der Waals surface area (Å²) >= 11 is 0. The molecule has 2 saturated heterocycles. The molecule has 0 bridgehead atoms. The first-order valence-electron chi connectivity index (χ1n) is 18.3. The number of hydrogen-bond donors (Lipinski definition) is 1. The molecule has 5 aromatic rings. The molecule has 7 rings (SSSR count). The van der Waals surface area contributed by atoms with E-state index < -0.39 is 5.91 Å². The Morgan fingerprint density at radius 3 is 1.45 bits per heavy atom. The molecule has 5 aromatic carbocycles. The average molecular weight is 680 g/mol. The number of nitrogens with two attached hydrogens (primary N) is 1. The summed E-state index contributed by atoms with van der Waals surface area (Å²) in [6, 6.07) is 36.2. The van der Waals surface area contributed by atoms with Gasteiger partial charge in [0.25, 0.3) is 0 Å². The fraction of sp³-hybridized carbons (Fsp3) is 0.311. The van der Waals surface area contributed by atoms with Crippen molar-refractivity contribution in [1.82, 2.24) is 9.80 Å². The predicted octanol–water partition coefficient (Wildman–Crippen LogP) is 10.3. The number of hydrogen-bond acceptors (Lipinski definition) is 5. The lowest BCUT2D eigenvalue weighted by Gasteiger charge is -2.26. The minimum absolute atomic E-state index is 0.361. The number of ether oxygens (including phenoxy) is 2. The van der Waals surface area contributed by atoms with E-state index in [2.05, 4.69) is 98.2 Å². The molecule has 262 valence electrons. The number of primary amides is 1. The highest BCUT2D eigenvalue weighted by Crippen LogP contribution is 2.38. The van der Waals surface area contributed by atoms with Crippen LogP contribution in [0.4, 0.5) is 0 Å². The lowest BCUT2D eigenvalue weighted by molar-refractivity contribution is 0.1000. The summed E-state index contributed by atoms with van der Waals surface area (Å²) in [7, 11) is 0. The van der Waals surface area contributed by atoms with Crippen molar-refractivity contribution in [2.75, 3.05) is 13.1 Å². The van der Waals surface area contributed by atoms with E-state index in [-0.39, 0.29) is 0 Å². The van der Waals surface area contributed by atoms with Crippen molar-refractivity contribution in [3.05, 3.63) is 153 Å². The molecular formula is C45H49N3O3. The zero-order valence-electron chi connectivity index (χ0n) is 30.3. The summed E-state index contributed by atoms with van der Waals surface area (Å²) in [5, 5.41) is 0. The van der Waals surface area contributed by atoms with Crippen LogP contribution in [-0.4, -0.2) is 28.8 Å². The van der Waals surface area contributed by atoms with E-state index in [0.29, 0.717) is 40.6 Å². The largest absolute Gasteiger partial charge is 0.453 e. The van der Waals surface area contributed by atoms with E-state index in [9.17, 15) is 4.79 Å². The van der Waals surface area contributed by atoms with Gasteiger partial charge in [-0.15, -0.1) is 0 Å². The van der Waals surface area contributed by atoms with Crippen molar-refractivity contribution in [3.63, 3.8) is 0 Å². The molecule has 0 spiro atoms. The van der Waals surface area contributed by atoms with Crippen LogP contribution in [0.15, 0.2) is 103 Å². The van der Waals surface area contributed by atoms with E-state index in [4.69, 9.17) is 15.2 Å². The molecule has 51 heavy (non-hydrogen) atoms. The molecule has 0 aliphatic carbocycles. The van der Waals surface area contributed by atoms with E-state index in [1.54, 1.807) is 18.2 Å². The molecular weight excluding hydrogens is 631 g/mol. The molecule has 2 atom stereocenters. The van der Waals surface area contributed by atoms with Crippen molar-refractivity contribution < 1.29 is 14.3 Å². The topological polar surface area (TPSA) is 68.0 Å². The molecule has 0 aromatic heterocycles. The second-order valence-electron chi connectivity index (χ2n) is 14.6. The number of aryl methyl sites for hydroxylation is 4. The van der Waals surface area contributed by atoms with Gasteiger partial charge in [-0.2, -0.15) is 0 Å². The van der Waals surface area contributed by atoms with Gasteiger partial charge in [-0.05, 0) is 131 Å². The SMILES string of the molecule is Cc1cc(C)cc(C2CCCN2Cc2ccc(Oc3ccc(C(N)=O)cc3Oc3ccc(CN4CCCC4c4cc(C)cc(C)c4)cc3)cc2)c1. The van der Waals surface area contributed by atoms with Crippen LogP contribution in [0.1, 0.15) is 92.6 Å². The molecule has 6 heteroatoms. The Labute approximate surface area is 302 Å². The number of nitrogens with zero attached hydrogens (tertiary/aromatic N) is 2. The smallest absolute Gasteiger partial charge is 0.248 e. The van der Waals surface area contributed by atoms with Crippen molar-refractivity contribution in [3.8, 4) is 23.0 Å². The van der Waals surface area contributed by atoms with Gasteiger partial charge in [0.1, 0.15) is 11.5 Å². The first-order valence-corrected chi connectivity index (χ1v) is 18.3. The first-order chi connectivity index (χ1) is 24.7. The molecule has 6 nitrogen and oxygen atoms in total. The van der Waals surface area contributed by atoms with Gasteiger partial charge in [0, 0.05) is 30.7 Å². The molecule has 1 amide bonds. The molecule has 0 radical (unpaired) electrons. The maximum absolute atomic E-state index is 12.1. The third kappa shape index (κ3) is 8.36. The van der Waals surface area contributed by atoms with Crippen LogP contribution in [0.25, 0.3) is 0 Å². The number of carbonyl (C=O) groups excluding carboxylic acids is 1. The molecule has 2 fully saturated rings. The number of carbonyl (C=O) groups is 1. The fourth-order valence-electron chi connectivity index (χ4n) is 8.06. The van der Waals surface area contributed by atoms with Crippen molar-refractivity contribution >= 4 is 5.91 Å². The minimum atomic E-state index is -0.517. The van der Waals surface area contributed by atoms with Gasteiger partial charge >= 0.3 is 0 Å². The van der Waals surface area contributed by atoms with Crippen LogP contribution in [0.5, 0.6) is 23.0 Å². The van der Waals surface area contributed by atoms with Gasteiger partial charge in [-0.3, -0.25) is 14.6 Å². The van der Waals surface area contributed by atoms with Crippen LogP contribution in [0, 0.1) is 27.7 Å². The van der Waals surface area contributed by atoms with Crippen LogP contribution >= 0.6 is 0 Å². The quantitative estimate of drug-likeness (QED) is 0.151. The highest BCUT2D eigenvalue weighted by atomic mass is 16.5. The minimum Gasteiger partial charge on any atom is -0.453 e.